The van der Waals surface area contributed by atoms with Gasteiger partial charge in [0.05, 0.1) is 0 Å². The highest BCUT2D eigenvalue weighted by Crippen LogP contribution is 2.31. The lowest BCUT2D eigenvalue weighted by Gasteiger charge is -2.29. The number of carbonyl (C=O) groups is 1. The Bertz CT molecular complexity index is 1270. The lowest BCUT2D eigenvalue weighted by Crippen LogP contribution is -2.43. The maximum atomic E-state index is 11.9. The number of primary amides is 1. The highest BCUT2D eigenvalue weighted by atomic mass is 16.3. The van der Waals surface area contributed by atoms with Crippen LogP contribution in [0.1, 0.15) is 36.0 Å². The number of hydrogen-bond acceptors (Lipinski definition) is 7. The van der Waals surface area contributed by atoms with Crippen molar-refractivity contribution in [2.45, 2.75) is 37.8 Å². The molecule has 2 aromatic heterocycles. The Labute approximate surface area is 179 Å². The van der Waals surface area contributed by atoms with E-state index >= 15 is 0 Å². The molecule has 0 bridgehead atoms. The molecular formula is C23H24N6O2. The predicted octanol–water partition coefficient (Wildman–Crippen LogP) is 3.90. The van der Waals surface area contributed by atoms with E-state index < -0.39 is 5.91 Å². The van der Waals surface area contributed by atoms with Crippen molar-refractivity contribution in [3.05, 3.63) is 54.2 Å². The molecule has 1 fully saturated rings. The van der Waals surface area contributed by atoms with Crippen molar-refractivity contribution >= 4 is 45.3 Å². The minimum Gasteiger partial charge on any atom is -0.456 e. The lowest BCUT2D eigenvalue weighted by molar-refractivity contribution is 0.100. The van der Waals surface area contributed by atoms with E-state index in [1.807, 2.05) is 42.5 Å². The van der Waals surface area contributed by atoms with Crippen LogP contribution < -0.4 is 22.1 Å². The second-order valence-electron chi connectivity index (χ2n) is 7.95. The molecule has 2 heterocycles. The van der Waals surface area contributed by atoms with Crippen LogP contribution in [-0.4, -0.2) is 28.0 Å². The van der Waals surface area contributed by atoms with Gasteiger partial charge in [0.2, 0.25) is 5.95 Å². The van der Waals surface area contributed by atoms with Gasteiger partial charge in [-0.25, -0.2) is 4.98 Å². The fraction of sp³-hybridized carbons (Fsp3) is 0.261. The van der Waals surface area contributed by atoms with E-state index in [4.69, 9.17) is 15.9 Å². The minimum atomic E-state index is -0.603. The largest absolute Gasteiger partial charge is 0.456 e. The summed E-state index contributed by atoms with van der Waals surface area (Å²) in [6.45, 7) is 0. The summed E-state index contributed by atoms with van der Waals surface area (Å²) in [5.41, 5.74) is 14.3. The Kier molecular flexibility index (Phi) is 4.91. The van der Waals surface area contributed by atoms with Crippen LogP contribution in [0.25, 0.3) is 21.9 Å². The van der Waals surface area contributed by atoms with Gasteiger partial charge in [0.25, 0.3) is 5.91 Å². The summed E-state index contributed by atoms with van der Waals surface area (Å²) in [4.78, 5) is 20.7. The molecule has 1 saturated carbocycles. The number of aromatic nitrogens is 2. The Morgan fingerprint density at radius 2 is 1.87 bits per heavy atom. The standard InChI is InChI=1S/C23H24N6O2/c24-17-6-2-3-7-18(17)28-23-26-12-16(21(25)30)22(29-23)27-13-9-10-15-14-5-1-4-8-19(14)31-20(15)11-13/h1,4-5,8-12,17-18H,2-3,6-7,24H2,(H2,25,30)(H2,26,27,28,29). The number of amides is 1. The first-order valence-corrected chi connectivity index (χ1v) is 10.5. The first-order valence-electron chi connectivity index (χ1n) is 10.5. The molecule has 5 rings (SSSR count). The summed E-state index contributed by atoms with van der Waals surface area (Å²) in [6, 6.07) is 13.8. The molecule has 2 aromatic carbocycles. The van der Waals surface area contributed by atoms with Crippen molar-refractivity contribution < 1.29 is 9.21 Å². The van der Waals surface area contributed by atoms with E-state index in [-0.39, 0.29) is 17.6 Å². The molecular weight excluding hydrogens is 392 g/mol. The van der Waals surface area contributed by atoms with Crippen LogP contribution in [-0.2, 0) is 0 Å². The first kappa shape index (κ1) is 19.3. The van der Waals surface area contributed by atoms with Gasteiger partial charge in [-0.15, -0.1) is 0 Å². The SMILES string of the molecule is NC(=O)c1cnc(NC2CCCCC2N)nc1Nc1ccc2c(c1)oc1ccccc12. The number of anilines is 3. The molecule has 1 amide bonds. The topological polar surface area (TPSA) is 132 Å². The molecule has 1 aliphatic carbocycles. The molecule has 0 spiro atoms. The molecule has 31 heavy (non-hydrogen) atoms. The molecule has 8 nitrogen and oxygen atoms in total. The van der Waals surface area contributed by atoms with Crippen LogP contribution in [0.2, 0.25) is 0 Å². The molecule has 4 aromatic rings. The van der Waals surface area contributed by atoms with Gasteiger partial charge in [-0.3, -0.25) is 4.79 Å². The second-order valence-corrected chi connectivity index (χ2v) is 7.95. The maximum absolute atomic E-state index is 11.9. The van der Waals surface area contributed by atoms with Crippen LogP contribution in [0.15, 0.2) is 53.1 Å². The van der Waals surface area contributed by atoms with Gasteiger partial charge in [-0.2, -0.15) is 4.98 Å². The number of benzene rings is 2. The summed E-state index contributed by atoms with van der Waals surface area (Å²) in [5.74, 6) is 0.151. The minimum absolute atomic E-state index is 0.0556. The monoisotopic (exact) mass is 416 g/mol. The average molecular weight is 416 g/mol. The highest BCUT2D eigenvalue weighted by Gasteiger charge is 2.23. The number of hydrogen-bond donors (Lipinski definition) is 4. The van der Waals surface area contributed by atoms with Crippen molar-refractivity contribution in [3.63, 3.8) is 0 Å². The Morgan fingerprint density at radius 1 is 1.06 bits per heavy atom. The zero-order valence-electron chi connectivity index (χ0n) is 17.0. The fourth-order valence-corrected chi connectivity index (χ4v) is 4.17. The molecule has 0 aliphatic heterocycles. The molecule has 6 N–H and O–H groups in total. The summed E-state index contributed by atoms with van der Waals surface area (Å²) in [5, 5.41) is 8.58. The molecule has 2 atom stereocenters. The first-order chi connectivity index (χ1) is 15.1. The normalized spacial score (nSPS) is 18.9. The van der Waals surface area contributed by atoms with Gasteiger partial charge >= 0.3 is 0 Å². The Morgan fingerprint density at radius 3 is 2.71 bits per heavy atom. The summed E-state index contributed by atoms with van der Waals surface area (Å²) in [7, 11) is 0. The third-order valence-corrected chi connectivity index (χ3v) is 5.83. The smallest absolute Gasteiger partial charge is 0.254 e. The molecule has 0 radical (unpaired) electrons. The summed E-state index contributed by atoms with van der Waals surface area (Å²) in [6.07, 6.45) is 5.63. The van der Waals surface area contributed by atoms with Gasteiger partial charge in [0.15, 0.2) is 0 Å². The Balaban J connectivity index is 1.46. The maximum Gasteiger partial charge on any atom is 0.254 e. The van der Waals surface area contributed by atoms with Crippen LogP contribution in [0.4, 0.5) is 17.5 Å². The van der Waals surface area contributed by atoms with Gasteiger partial charge < -0.3 is 26.5 Å². The van der Waals surface area contributed by atoms with E-state index in [9.17, 15) is 4.79 Å². The van der Waals surface area contributed by atoms with Crippen LogP contribution in [0, 0.1) is 0 Å². The number of carbonyl (C=O) groups excluding carboxylic acids is 1. The van der Waals surface area contributed by atoms with Gasteiger partial charge in [-0.1, -0.05) is 31.0 Å². The van der Waals surface area contributed by atoms with Crippen LogP contribution in [0.3, 0.4) is 0 Å². The van der Waals surface area contributed by atoms with E-state index in [0.717, 1.165) is 53.3 Å². The average Bonchev–Trinajstić information content (AvgIpc) is 3.13. The van der Waals surface area contributed by atoms with E-state index in [0.29, 0.717) is 11.8 Å². The quantitative estimate of drug-likeness (QED) is 0.388. The van der Waals surface area contributed by atoms with E-state index in [2.05, 4.69) is 20.6 Å². The summed E-state index contributed by atoms with van der Waals surface area (Å²) >= 11 is 0. The Hall–Kier alpha value is -3.65. The zero-order valence-corrected chi connectivity index (χ0v) is 17.0. The van der Waals surface area contributed by atoms with Gasteiger partial charge in [-0.05, 0) is 31.0 Å². The highest BCUT2D eigenvalue weighted by molar-refractivity contribution is 6.06. The second kappa shape index (κ2) is 7.88. The number of nitrogens with one attached hydrogen (secondary N) is 2. The lowest BCUT2D eigenvalue weighted by atomic mass is 9.91. The van der Waals surface area contributed by atoms with Crippen molar-refractivity contribution in [1.82, 2.24) is 9.97 Å². The molecule has 8 heteroatoms. The van der Waals surface area contributed by atoms with Crippen molar-refractivity contribution in [3.8, 4) is 0 Å². The number of para-hydroxylation sites is 1. The third-order valence-electron chi connectivity index (χ3n) is 5.83. The fourth-order valence-electron chi connectivity index (χ4n) is 4.17. The number of nitrogens with zero attached hydrogens (tertiary/aromatic N) is 2. The van der Waals surface area contributed by atoms with Crippen LogP contribution >= 0.6 is 0 Å². The number of furan rings is 1. The zero-order chi connectivity index (χ0) is 21.4. The predicted molar refractivity (Wildman–Crippen MR) is 121 cm³/mol. The van der Waals surface area contributed by atoms with Crippen molar-refractivity contribution in [2.75, 3.05) is 10.6 Å². The molecule has 0 saturated heterocycles. The van der Waals surface area contributed by atoms with Crippen molar-refractivity contribution in [2.24, 2.45) is 11.5 Å². The van der Waals surface area contributed by atoms with Crippen LogP contribution in [0.5, 0.6) is 0 Å². The third kappa shape index (κ3) is 3.77. The number of fused-ring (bicyclic) bond motifs is 3. The number of nitrogens with two attached hydrogens (primary N) is 2. The molecule has 2 unspecified atom stereocenters. The van der Waals surface area contributed by atoms with Crippen molar-refractivity contribution in [1.29, 1.82) is 0 Å². The van der Waals surface area contributed by atoms with E-state index in [1.54, 1.807) is 0 Å². The van der Waals surface area contributed by atoms with Gasteiger partial charge in [0, 0.05) is 40.8 Å². The summed E-state index contributed by atoms with van der Waals surface area (Å²) < 4.78 is 5.95. The molecule has 158 valence electrons. The van der Waals surface area contributed by atoms with E-state index in [1.165, 1.54) is 6.20 Å². The van der Waals surface area contributed by atoms with Gasteiger partial charge in [0.1, 0.15) is 22.5 Å². The molecule has 1 aliphatic rings. The number of rotatable bonds is 5.